The molecule has 8 nitrogen and oxygen atoms in total. The van der Waals surface area contributed by atoms with E-state index >= 15 is 0 Å². The van der Waals surface area contributed by atoms with E-state index in [0.29, 0.717) is 11.1 Å². The number of carbonyl (C=O) groups excluding carboxylic acids is 4. The summed E-state index contributed by atoms with van der Waals surface area (Å²) in [4.78, 5) is 49.7. The topological polar surface area (TPSA) is 105 Å². The number of hydrogen-bond acceptors (Lipinski definition) is 8. The van der Waals surface area contributed by atoms with Crippen molar-refractivity contribution in [1.29, 1.82) is 0 Å². The van der Waals surface area contributed by atoms with E-state index in [1.165, 1.54) is 0 Å². The summed E-state index contributed by atoms with van der Waals surface area (Å²) in [6.45, 7) is 9.68. The van der Waals surface area contributed by atoms with Crippen molar-refractivity contribution in [3.8, 4) is 0 Å². The van der Waals surface area contributed by atoms with E-state index in [9.17, 15) is 19.2 Å². The molecule has 0 saturated heterocycles. The molecule has 8 heteroatoms. The largest absolute Gasteiger partial charge is 0.464 e. The summed E-state index contributed by atoms with van der Waals surface area (Å²) in [5, 5.41) is 0. The summed E-state index contributed by atoms with van der Waals surface area (Å²) in [6.07, 6.45) is 0. The van der Waals surface area contributed by atoms with Crippen molar-refractivity contribution < 1.29 is 38.1 Å². The van der Waals surface area contributed by atoms with E-state index in [1.54, 1.807) is 88.4 Å². The Morgan fingerprint density at radius 2 is 0.838 bits per heavy atom. The Morgan fingerprint density at radius 3 is 1.27 bits per heavy atom. The molecule has 0 amide bonds. The molecule has 2 rings (SSSR count). The highest BCUT2D eigenvalue weighted by molar-refractivity contribution is 5.90. The van der Waals surface area contributed by atoms with Gasteiger partial charge in [-0.1, -0.05) is 50.2 Å². The second-order valence-corrected chi connectivity index (χ2v) is 11.0. The van der Waals surface area contributed by atoms with Crippen LogP contribution < -0.4 is 0 Å². The van der Waals surface area contributed by atoms with Crippen LogP contribution in [0.2, 0.25) is 0 Å². The quantitative estimate of drug-likeness (QED) is 0.293. The van der Waals surface area contributed by atoms with Crippen LogP contribution in [-0.4, -0.2) is 50.3 Å². The Hall–Kier alpha value is -3.68. The molecule has 0 spiro atoms. The van der Waals surface area contributed by atoms with Gasteiger partial charge in [-0.3, -0.25) is 9.59 Å². The van der Waals surface area contributed by atoms with Gasteiger partial charge in [-0.25, -0.2) is 9.59 Å². The first-order valence-corrected chi connectivity index (χ1v) is 12.0. The minimum absolute atomic E-state index is 0.00616. The third-order valence-corrected chi connectivity index (χ3v) is 5.44. The molecule has 0 fully saturated rings. The van der Waals surface area contributed by atoms with E-state index in [0.717, 1.165) is 0 Å². The van der Waals surface area contributed by atoms with Crippen LogP contribution in [0, 0.1) is 16.2 Å². The second kappa shape index (κ2) is 12.5. The molecule has 2 aromatic rings. The average Bonchev–Trinajstić information content (AvgIpc) is 2.88. The van der Waals surface area contributed by atoms with Crippen LogP contribution in [0.5, 0.6) is 0 Å². The number of rotatable bonds is 12. The molecule has 0 heterocycles. The number of benzene rings is 2. The monoisotopic (exact) mass is 512 g/mol. The zero-order valence-corrected chi connectivity index (χ0v) is 22.4. The lowest BCUT2D eigenvalue weighted by atomic mass is 9.92. The Morgan fingerprint density at radius 1 is 0.514 bits per heavy atom. The van der Waals surface area contributed by atoms with Crippen molar-refractivity contribution >= 4 is 23.9 Å². The molecule has 2 aromatic carbocycles. The maximum absolute atomic E-state index is 12.7. The van der Waals surface area contributed by atoms with Gasteiger partial charge in [0.15, 0.2) is 0 Å². The molecule has 200 valence electrons. The molecule has 37 heavy (non-hydrogen) atoms. The number of esters is 4. The first-order chi connectivity index (χ1) is 17.2. The van der Waals surface area contributed by atoms with Crippen molar-refractivity contribution in [3.05, 3.63) is 71.8 Å². The van der Waals surface area contributed by atoms with Gasteiger partial charge in [0.25, 0.3) is 0 Å². The molecular weight excluding hydrogens is 476 g/mol. The fourth-order valence-electron chi connectivity index (χ4n) is 2.88. The van der Waals surface area contributed by atoms with Gasteiger partial charge in [0.2, 0.25) is 0 Å². The van der Waals surface area contributed by atoms with Crippen LogP contribution in [0.1, 0.15) is 62.3 Å². The van der Waals surface area contributed by atoms with Crippen LogP contribution in [0.25, 0.3) is 0 Å². The predicted molar refractivity (Wildman–Crippen MR) is 137 cm³/mol. The summed E-state index contributed by atoms with van der Waals surface area (Å²) < 4.78 is 21.5. The SMILES string of the molecule is CC(C)(COC(=O)c1ccccc1)COC(=O)C(C)(C)COC(=O)C(C)(C)COC(=O)c1ccccc1. The highest BCUT2D eigenvalue weighted by Gasteiger charge is 2.37. The van der Waals surface area contributed by atoms with Crippen molar-refractivity contribution in [2.75, 3.05) is 26.4 Å². The molecule has 0 atom stereocenters. The maximum Gasteiger partial charge on any atom is 0.338 e. The Kier molecular flexibility index (Phi) is 10.00. The van der Waals surface area contributed by atoms with Gasteiger partial charge in [0.05, 0.1) is 35.2 Å². The van der Waals surface area contributed by atoms with Crippen molar-refractivity contribution in [3.63, 3.8) is 0 Å². The number of carbonyl (C=O) groups is 4. The normalized spacial score (nSPS) is 11.8. The lowest BCUT2D eigenvalue weighted by Gasteiger charge is -2.29. The molecule has 0 bridgehead atoms. The number of hydrogen-bond donors (Lipinski definition) is 0. The molecule has 0 aliphatic carbocycles. The lowest BCUT2D eigenvalue weighted by Crippen LogP contribution is -2.39. The summed E-state index contributed by atoms with van der Waals surface area (Å²) in [7, 11) is 0. The molecule has 0 unspecified atom stereocenters. The fourth-order valence-corrected chi connectivity index (χ4v) is 2.88. The molecule has 0 aromatic heterocycles. The van der Waals surface area contributed by atoms with Gasteiger partial charge in [-0.05, 0) is 52.0 Å². The Balaban J connectivity index is 1.80. The molecule has 0 radical (unpaired) electrons. The zero-order valence-electron chi connectivity index (χ0n) is 22.4. The van der Waals surface area contributed by atoms with Crippen LogP contribution in [0.4, 0.5) is 0 Å². The van der Waals surface area contributed by atoms with Crippen LogP contribution in [0.3, 0.4) is 0 Å². The summed E-state index contributed by atoms with van der Waals surface area (Å²) in [5.74, 6) is -2.16. The lowest BCUT2D eigenvalue weighted by molar-refractivity contribution is -0.169. The van der Waals surface area contributed by atoms with E-state index in [1.807, 2.05) is 13.8 Å². The third kappa shape index (κ3) is 9.37. The highest BCUT2D eigenvalue weighted by Crippen LogP contribution is 2.25. The summed E-state index contributed by atoms with van der Waals surface area (Å²) >= 11 is 0. The maximum atomic E-state index is 12.7. The van der Waals surface area contributed by atoms with Crippen molar-refractivity contribution in [2.24, 2.45) is 16.2 Å². The van der Waals surface area contributed by atoms with Gasteiger partial charge in [0, 0.05) is 5.41 Å². The Labute approximate surface area is 218 Å². The highest BCUT2D eigenvalue weighted by atomic mass is 16.6. The van der Waals surface area contributed by atoms with E-state index < -0.39 is 40.1 Å². The molecule has 0 saturated carbocycles. The van der Waals surface area contributed by atoms with Gasteiger partial charge < -0.3 is 18.9 Å². The van der Waals surface area contributed by atoms with Crippen LogP contribution in [-0.2, 0) is 28.5 Å². The van der Waals surface area contributed by atoms with E-state index in [-0.39, 0.29) is 26.4 Å². The van der Waals surface area contributed by atoms with Crippen LogP contribution >= 0.6 is 0 Å². The van der Waals surface area contributed by atoms with Crippen molar-refractivity contribution in [2.45, 2.75) is 41.5 Å². The van der Waals surface area contributed by atoms with Crippen LogP contribution in [0.15, 0.2) is 60.7 Å². The van der Waals surface area contributed by atoms with Gasteiger partial charge in [-0.15, -0.1) is 0 Å². The van der Waals surface area contributed by atoms with E-state index in [4.69, 9.17) is 18.9 Å². The number of ether oxygens (including phenoxy) is 4. The summed E-state index contributed by atoms with van der Waals surface area (Å²) in [5.41, 5.74) is -2.04. The molecule has 0 aliphatic heterocycles. The summed E-state index contributed by atoms with van der Waals surface area (Å²) in [6, 6.07) is 17.1. The smallest absolute Gasteiger partial charge is 0.338 e. The van der Waals surface area contributed by atoms with E-state index in [2.05, 4.69) is 0 Å². The first-order valence-electron chi connectivity index (χ1n) is 12.0. The second-order valence-electron chi connectivity index (χ2n) is 11.0. The molecule has 0 aliphatic rings. The molecular formula is C29H36O8. The Bertz CT molecular complexity index is 1070. The minimum atomic E-state index is -1.12. The predicted octanol–water partition coefficient (Wildman–Crippen LogP) is 4.87. The van der Waals surface area contributed by atoms with Gasteiger partial charge in [-0.2, -0.15) is 0 Å². The standard InChI is InChI=1S/C29H36O8/c1-27(2,17-34-23(30)21-13-9-7-10-14-21)18-36-25(32)29(5,6)20-37-26(33)28(3,4)19-35-24(31)22-15-11-8-12-16-22/h7-16H,17-20H2,1-6H3. The molecule has 0 N–H and O–H groups in total. The fraction of sp³-hybridized carbons (Fsp3) is 0.448. The third-order valence-electron chi connectivity index (χ3n) is 5.44. The van der Waals surface area contributed by atoms with Gasteiger partial charge >= 0.3 is 23.9 Å². The zero-order chi connectivity index (χ0) is 27.7. The first kappa shape index (κ1) is 29.5. The van der Waals surface area contributed by atoms with Gasteiger partial charge in [0.1, 0.15) is 13.2 Å². The average molecular weight is 513 g/mol. The van der Waals surface area contributed by atoms with Crippen molar-refractivity contribution in [1.82, 2.24) is 0 Å². The minimum Gasteiger partial charge on any atom is -0.464 e.